The number of nitrogens with zero attached hydrogens (tertiary/aromatic N) is 1. The number of hydrogen-bond donors (Lipinski definition) is 0. The number of rotatable bonds is 6. The first kappa shape index (κ1) is 21.5. The van der Waals surface area contributed by atoms with Gasteiger partial charge < -0.3 is 9.64 Å². The lowest BCUT2D eigenvalue weighted by molar-refractivity contribution is -0.184. The fourth-order valence-corrected chi connectivity index (χ4v) is 6.56. The van der Waals surface area contributed by atoms with E-state index < -0.39 is 12.1 Å². The van der Waals surface area contributed by atoms with E-state index in [-0.39, 0.29) is 18.1 Å². The van der Waals surface area contributed by atoms with Gasteiger partial charge in [0, 0.05) is 19.2 Å². The highest BCUT2D eigenvalue weighted by Gasteiger charge is 2.52. The number of amides is 1. The molecular formula is C24H32F3NO2. The Morgan fingerprint density at radius 2 is 1.70 bits per heavy atom. The van der Waals surface area contributed by atoms with E-state index in [9.17, 15) is 18.0 Å². The number of carbonyl (C=O) groups excluding carboxylic acids is 1. The zero-order chi connectivity index (χ0) is 21.7. The monoisotopic (exact) mass is 423 g/mol. The molecule has 1 aromatic carbocycles. The van der Waals surface area contributed by atoms with E-state index in [2.05, 4.69) is 6.07 Å². The van der Waals surface area contributed by atoms with Crippen molar-refractivity contribution in [3.05, 3.63) is 29.3 Å². The predicted octanol–water partition coefficient (Wildman–Crippen LogP) is 5.50. The first-order valence-corrected chi connectivity index (χ1v) is 11.2. The summed E-state index contributed by atoms with van der Waals surface area (Å²) in [5.74, 6) is 1.52. The topological polar surface area (TPSA) is 29.5 Å². The molecule has 0 unspecified atom stereocenters. The lowest BCUT2D eigenvalue weighted by atomic mass is 9.48. The second-order valence-electron chi connectivity index (χ2n) is 10.2. The summed E-state index contributed by atoms with van der Waals surface area (Å²) >= 11 is 0. The molecule has 4 saturated carbocycles. The minimum Gasteiger partial charge on any atom is -0.491 e. The summed E-state index contributed by atoms with van der Waals surface area (Å²) in [5.41, 5.74) is 2.36. The van der Waals surface area contributed by atoms with Gasteiger partial charge in [-0.1, -0.05) is 12.1 Å². The lowest BCUT2D eigenvalue weighted by Crippen LogP contribution is -2.48. The van der Waals surface area contributed by atoms with Crippen LogP contribution in [-0.4, -0.2) is 36.7 Å². The number of hydrogen-bond acceptors (Lipinski definition) is 2. The molecule has 3 nitrogen and oxygen atoms in total. The van der Waals surface area contributed by atoms with Crippen LogP contribution in [0.3, 0.4) is 0 Å². The lowest BCUT2D eigenvalue weighted by Gasteiger charge is -2.57. The van der Waals surface area contributed by atoms with Crippen LogP contribution in [0, 0.1) is 17.8 Å². The molecule has 0 aliphatic heterocycles. The highest BCUT2D eigenvalue weighted by Crippen LogP contribution is 2.62. The van der Waals surface area contributed by atoms with E-state index in [1.165, 1.54) is 51.1 Å². The van der Waals surface area contributed by atoms with Crippen molar-refractivity contribution in [2.24, 2.45) is 17.8 Å². The SMILES string of the molecule is CC(C)Oc1ccc(CCN(C)C(=O)C(F)(F)F)cc1C12CC3CC(CC(C3)C1)C2. The third-order valence-electron chi connectivity index (χ3n) is 7.34. The molecule has 0 spiro atoms. The molecule has 0 N–H and O–H groups in total. The maximum Gasteiger partial charge on any atom is 0.471 e. The first-order chi connectivity index (χ1) is 14.1. The third kappa shape index (κ3) is 4.19. The number of benzene rings is 1. The van der Waals surface area contributed by atoms with Crippen molar-refractivity contribution < 1.29 is 22.7 Å². The highest BCUT2D eigenvalue weighted by atomic mass is 19.4. The molecule has 5 rings (SSSR count). The van der Waals surface area contributed by atoms with Crippen molar-refractivity contribution in [1.82, 2.24) is 4.90 Å². The molecule has 0 saturated heterocycles. The van der Waals surface area contributed by atoms with E-state index >= 15 is 0 Å². The highest BCUT2D eigenvalue weighted by molar-refractivity contribution is 5.81. The molecule has 4 bridgehead atoms. The van der Waals surface area contributed by atoms with Crippen LogP contribution >= 0.6 is 0 Å². The summed E-state index contributed by atoms with van der Waals surface area (Å²) < 4.78 is 44.2. The summed E-state index contributed by atoms with van der Waals surface area (Å²) in [6.07, 6.45) is 3.29. The number of likely N-dealkylation sites (N-methyl/N-ethyl adjacent to an activating group) is 1. The first-order valence-electron chi connectivity index (χ1n) is 11.2. The molecule has 4 fully saturated rings. The van der Waals surface area contributed by atoms with E-state index in [1.54, 1.807) is 0 Å². The Kier molecular flexibility index (Phi) is 5.56. The molecule has 4 aliphatic rings. The van der Waals surface area contributed by atoms with Gasteiger partial charge in [-0.3, -0.25) is 4.79 Å². The van der Waals surface area contributed by atoms with Gasteiger partial charge in [-0.15, -0.1) is 0 Å². The van der Waals surface area contributed by atoms with Gasteiger partial charge in [-0.25, -0.2) is 0 Å². The molecule has 0 heterocycles. The van der Waals surface area contributed by atoms with E-state index in [1.807, 2.05) is 26.0 Å². The van der Waals surface area contributed by atoms with Gasteiger partial charge in [-0.2, -0.15) is 13.2 Å². The second kappa shape index (κ2) is 7.76. The van der Waals surface area contributed by atoms with Crippen molar-refractivity contribution in [2.75, 3.05) is 13.6 Å². The summed E-state index contributed by atoms with van der Waals surface area (Å²) in [6, 6.07) is 6.10. The summed E-state index contributed by atoms with van der Waals surface area (Å²) in [5, 5.41) is 0. The van der Waals surface area contributed by atoms with Gasteiger partial charge in [0.2, 0.25) is 0 Å². The van der Waals surface area contributed by atoms with E-state index in [4.69, 9.17) is 4.74 Å². The van der Waals surface area contributed by atoms with Gasteiger partial charge in [0.25, 0.3) is 0 Å². The maximum absolute atomic E-state index is 12.7. The van der Waals surface area contributed by atoms with Crippen LogP contribution in [0.2, 0.25) is 0 Å². The number of carbonyl (C=O) groups is 1. The van der Waals surface area contributed by atoms with Crippen molar-refractivity contribution in [3.8, 4) is 5.75 Å². The van der Waals surface area contributed by atoms with Crippen molar-refractivity contribution >= 4 is 5.91 Å². The van der Waals surface area contributed by atoms with Gasteiger partial charge in [0.15, 0.2) is 0 Å². The second-order valence-corrected chi connectivity index (χ2v) is 10.2. The molecule has 0 atom stereocenters. The molecule has 1 aromatic rings. The van der Waals surface area contributed by atoms with Crippen LogP contribution in [0.25, 0.3) is 0 Å². The zero-order valence-corrected chi connectivity index (χ0v) is 18.1. The van der Waals surface area contributed by atoms with Crippen LogP contribution < -0.4 is 4.74 Å². The van der Waals surface area contributed by atoms with Gasteiger partial charge in [0.05, 0.1) is 6.10 Å². The molecule has 166 valence electrons. The van der Waals surface area contributed by atoms with Gasteiger partial charge >= 0.3 is 12.1 Å². The molecule has 0 aromatic heterocycles. The van der Waals surface area contributed by atoms with Crippen molar-refractivity contribution in [3.63, 3.8) is 0 Å². The van der Waals surface area contributed by atoms with Gasteiger partial charge in [0.1, 0.15) is 5.75 Å². The fraction of sp³-hybridized carbons (Fsp3) is 0.708. The average molecular weight is 424 g/mol. The fourth-order valence-electron chi connectivity index (χ4n) is 6.56. The summed E-state index contributed by atoms with van der Waals surface area (Å²) in [6.45, 7) is 4.09. The minimum atomic E-state index is -4.83. The Morgan fingerprint density at radius 3 is 2.20 bits per heavy atom. The average Bonchev–Trinajstić information content (AvgIpc) is 2.64. The molecule has 30 heavy (non-hydrogen) atoms. The van der Waals surface area contributed by atoms with Crippen LogP contribution in [0.1, 0.15) is 63.5 Å². The molecule has 0 radical (unpaired) electrons. The molecule has 6 heteroatoms. The smallest absolute Gasteiger partial charge is 0.471 e. The van der Waals surface area contributed by atoms with E-state index in [0.29, 0.717) is 6.42 Å². The summed E-state index contributed by atoms with van der Waals surface area (Å²) in [7, 11) is 1.21. The Balaban J connectivity index is 1.58. The zero-order valence-electron chi connectivity index (χ0n) is 18.1. The molecule has 1 amide bonds. The Morgan fingerprint density at radius 1 is 1.13 bits per heavy atom. The van der Waals surface area contributed by atoms with Crippen LogP contribution in [-0.2, 0) is 16.6 Å². The largest absolute Gasteiger partial charge is 0.491 e. The predicted molar refractivity (Wildman–Crippen MR) is 109 cm³/mol. The minimum absolute atomic E-state index is 0.0447. The van der Waals surface area contributed by atoms with Crippen molar-refractivity contribution in [1.29, 1.82) is 0 Å². The van der Waals surface area contributed by atoms with Crippen LogP contribution in [0.15, 0.2) is 18.2 Å². The molecule has 4 aliphatic carbocycles. The number of halogens is 3. The van der Waals surface area contributed by atoms with Crippen molar-refractivity contribution in [2.45, 2.75) is 76.5 Å². The number of ether oxygens (including phenoxy) is 1. The summed E-state index contributed by atoms with van der Waals surface area (Å²) in [4.78, 5) is 12.2. The third-order valence-corrected chi connectivity index (χ3v) is 7.34. The molecular weight excluding hydrogens is 391 g/mol. The van der Waals surface area contributed by atoms with Crippen LogP contribution in [0.4, 0.5) is 13.2 Å². The standard InChI is InChI=1S/C24H32F3NO2/c1-15(2)30-21-5-4-16(6-7-28(3)22(29)24(25,26)27)11-20(21)23-12-17-8-18(13-23)10-19(9-17)14-23/h4-5,11,15,17-19H,6-10,12-14H2,1-3H3. The Bertz CT molecular complexity index is 767. The van der Waals surface area contributed by atoms with Crippen LogP contribution in [0.5, 0.6) is 5.75 Å². The van der Waals surface area contributed by atoms with Gasteiger partial charge in [-0.05, 0) is 93.6 Å². The quantitative estimate of drug-likeness (QED) is 0.604. The Hall–Kier alpha value is -1.72. The number of alkyl halides is 3. The Labute approximate surface area is 177 Å². The van der Waals surface area contributed by atoms with E-state index in [0.717, 1.165) is 34.0 Å². The normalized spacial score (nSPS) is 30.0. The maximum atomic E-state index is 12.7.